The summed E-state index contributed by atoms with van der Waals surface area (Å²) in [6.07, 6.45) is 1.62. The van der Waals surface area contributed by atoms with Crippen LogP contribution in [0.1, 0.15) is 45.8 Å². The summed E-state index contributed by atoms with van der Waals surface area (Å²) in [4.78, 5) is 36.9. The number of hydrogen-bond acceptors (Lipinski definition) is 13. The van der Waals surface area contributed by atoms with Gasteiger partial charge >= 0.3 is 14.1 Å². The minimum Gasteiger partial charge on any atom is -0.575 e. The zero-order valence-corrected chi connectivity index (χ0v) is 24.2. The average Bonchev–Trinajstić information content (AvgIpc) is 3.67. The zero-order valence-electron chi connectivity index (χ0n) is 23.3. The lowest BCUT2D eigenvalue weighted by Gasteiger charge is -2.24. The number of aliphatic hydroxyl groups is 1. The van der Waals surface area contributed by atoms with Crippen molar-refractivity contribution in [3.8, 4) is 11.5 Å². The molecule has 1 aliphatic carbocycles. The van der Waals surface area contributed by atoms with Gasteiger partial charge in [-0.2, -0.15) is 9.97 Å². The number of nitrogen functional groups attached to an aromatic ring is 1. The second-order valence-corrected chi connectivity index (χ2v) is 11.3. The second-order valence-electron chi connectivity index (χ2n) is 10.4. The van der Waals surface area contributed by atoms with E-state index in [0.717, 1.165) is 25.7 Å². The van der Waals surface area contributed by atoms with Gasteiger partial charge in [0, 0.05) is 6.04 Å². The molecular weight excluding hydrogens is 572 g/mol. The van der Waals surface area contributed by atoms with E-state index in [2.05, 4.69) is 29.8 Å². The smallest absolute Gasteiger partial charge is 0.395 e. The fourth-order valence-electron chi connectivity index (χ4n) is 5.10. The predicted molar refractivity (Wildman–Crippen MR) is 148 cm³/mol. The van der Waals surface area contributed by atoms with E-state index in [4.69, 9.17) is 19.7 Å². The van der Waals surface area contributed by atoms with Crippen molar-refractivity contribution < 1.29 is 37.9 Å². The molecule has 1 aliphatic heterocycles. The number of fused-ring (bicyclic) bond motifs is 1. The highest BCUT2D eigenvalue weighted by atomic mass is 31.1. The van der Waals surface area contributed by atoms with Crippen molar-refractivity contribution in [1.29, 1.82) is 0 Å². The Kier molecular flexibility index (Phi) is 8.73. The number of imidazole rings is 1. The van der Waals surface area contributed by atoms with Crippen molar-refractivity contribution in [3.05, 3.63) is 30.6 Å². The molecule has 0 spiro atoms. The number of carbonyl (C=O) groups is 1. The summed E-state index contributed by atoms with van der Waals surface area (Å²) in [6, 6.07) is 5.54. The number of nitrogens with two attached hydrogens (primary N) is 1. The topological polar surface area (TPSA) is 191 Å². The first-order chi connectivity index (χ1) is 20.1. The molecule has 5 rings (SSSR count). The molecule has 1 saturated carbocycles. The van der Waals surface area contributed by atoms with Crippen molar-refractivity contribution in [2.45, 2.75) is 75.7 Å². The molecule has 0 radical (unpaired) electrons. The van der Waals surface area contributed by atoms with Crippen LogP contribution in [0.15, 0.2) is 35.3 Å². The third kappa shape index (κ3) is 6.09. The van der Waals surface area contributed by atoms with Crippen LogP contribution in [-0.2, 0) is 14.3 Å². The molecule has 3 aromatic rings. The van der Waals surface area contributed by atoms with E-state index in [-0.39, 0.29) is 35.7 Å². The Morgan fingerprint density at radius 2 is 2.07 bits per heavy atom. The molecule has 1 saturated heterocycles. The van der Waals surface area contributed by atoms with Gasteiger partial charge in [-0.05, 0) is 38.8 Å². The fraction of sp³-hybridized carbons (Fsp3) is 0.538. The quantitative estimate of drug-likeness (QED) is 0.226. The maximum Gasteiger partial charge on any atom is 0.395 e. The van der Waals surface area contributed by atoms with Gasteiger partial charge < -0.3 is 35.3 Å². The van der Waals surface area contributed by atoms with Gasteiger partial charge in [0.1, 0.15) is 18.8 Å². The number of nitrogens with zero attached hydrogens (tertiary/aromatic N) is 5. The minimum absolute atomic E-state index is 0.00797. The van der Waals surface area contributed by atoms with Crippen molar-refractivity contribution in [3.63, 3.8) is 0 Å². The number of carbonyl (C=O) groups excluding carboxylic acids is 1. The van der Waals surface area contributed by atoms with Crippen molar-refractivity contribution >= 4 is 37.1 Å². The summed E-state index contributed by atoms with van der Waals surface area (Å²) < 4.78 is 42.9. The Morgan fingerprint density at radius 3 is 2.79 bits per heavy atom. The molecule has 2 fully saturated rings. The summed E-state index contributed by atoms with van der Waals surface area (Å²) in [5.74, 6) is 0.0133. The number of aromatic nitrogens is 4. The molecule has 2 aromatic heterocycles. The monoisotopic (exact) mass is 605 g/mol. The number of methoxy groups -OCH3 is 1. The molecule has 0 amide bonds. The normalized spacial score (nSPS) is 25.5. The number of esters is 1. The molecule has 4 N–H and O–H groups in total. The number of halogens is 1. The third-order valence-corrected chi connectivity index (χ3v) is 8.23. The third-order valence-electron chi connectivity index (χ3n) is 7.34. The molecule has 226 valence electrons. The Labute approximate surface area is 242 Å². The molecule has 2 aliphatic rings. The van der Waals surface area contributed by atoms with Gasteiger partial charge in [-0.1, -0.05) is 29.7 Å². The highest BCUT2D eigenvalue weighted by molar-refractivity contribution is 7.34. The Bertz CT molecular complexity index is 1470. The minimum atomic E-state index is -2.64. The molecule has 0 bridgehead atoms. The number of nitrogens with one attached hydrogen (secondary N) is 1. The summed E-state index contributed by atoms with van der Waals surface area (Å²) in [6.45, 7) is 2.37. The number of anilines is 2. The first-order valence-corrected chi connectivity index (χ1v) is 14.7. The van der Waals surface area contributed by atoms with Crippen molar-refractivity contribution in [2.75, 3.05) is 24.8 Å². The van der Waals surface area contributed by atoms with Crippen LogP contribution in [0, 0.1) is 0 Å². The van der Waals surface area contributed by atoms with Gasteiger partial charge in [-0.15, -0.1) is 0 Å². The predicted octanol–water partition coefficient (Wildman–Crippen LogP) is 2.62. The van der Waals surface area contributed by atoms with Crippen LogP contribution in [0.2, 0.25) is 0 Å². The zero-order chi connectivity index (χ0) is 30.0. The fourth-order valence-corrected chi connectivity index (χ4v) is 5.85. The first kappa shape index (κ1) is 29.8. The molecular formula is C26H33FN7O7P. The maximum atomic E-state index is 16.0. The van der Waals surface area contributed by atoms with Crippen LogP contribution < -0.4 is 25.2 Å². The van der Waals surface area contributed by atoms with Gasteiger partial charge in [-0.3, -0.25) is 9.09 Å². The van der Waals surface area contributed by atoms with Crippen LogP contribution >= 0.6 is 8.17 Å². The lowest BCUT2D eigenvalue weighted by Crippen LogP contribution is -2.41. The van der Waals surface area contributed by atoms with Gasteiger partial charge in [-0.25, -0.2) is 14.2 Å². The average molecular weight is 606 g/mol. The van der Waals surface area contributed by atoms with Crippen LogP contribution in [0.25, 0.3) is 11.2 Å². The highest BCUT2D eigenvalue weighted by Crippen LogP contribution is 2.43. The van der Waals surface area contributed by atoms with E-state index < -0.39 is 44.3 Å². The largest absolute Gasteiger partial charge is 0.575 e. The SMILES string of the molecule is COC(=O)[C@H](C)N=[P+]([O-])Oc1ccccc1OC[C@H]1O[C@@H](n2cnc3c(NC4CCCC4)nc(N)nc32)[C@](C)(F)[C@@H]1O. The van der Waals surface area contributed by atoms with E-state index in [0.29, 0.717) is 11.3 Å². The Balaban J connectivity index is 1.32. The summed E-state index contributed by atoms with van der Waals surface area (Å²) in [5.41, 5.74) is 4.40. The molecule has 14 nitrogen and oxygen atoms in total. The molecule has 1 unspecified atom stereocenters. The van der Waals surface area contributed by atoms with E-state index >= 15 is 4.39 Å². The van der Waals surface area contributed by atoms with Crippen molar-refractivity contribution in [2.24, 2.45) is 4.74 Å². The van der Waals surface area contributed by atoms with Gasteiger partial charge in [0.25, 0.3) is 0 Å². The summed E-state index contributed by atoms with van der Waals surface area (Å²) >= 11 is 0. The second kappa shape index (κ2) is 12.3. The molecule has 1 aromatic carbocycles. The lowest BCUT2D eigenvalue weighted by atomic mass is 9.98. The molecule has 6 atom stereocenters. The number of hydrogen-bond donors (Lipinski definition) is 3. The summed E-state index contributed by atoms with van der Waals surface area (Å²) in [5, 5.41) is 14.3. The summed E-state index contributed by atoms with van der Waals surface area (Å²) in [7, 11) is -1.44. The van der Waals surface area contributed by atoms with Gasteiger partial charge in [0.05, 0.1) is 13.4 Å². The van der Waals surface area contributed by atoms with Crippen molar-refractivity contribution in [1.82, 2.24) is 19.5 Å². The number of rotatable bonds is 10. The number of aliphatic hydroxyl groups excluding tert-OH is 1. The molecule has 16 heteroatoms. The van der Waals surface area contributed by atoms with Crippen LogP contribution in [0.3, 0.4) is 0 Å². The molecule has 3 heterocycles. The Morgan fingerprint density at radius 1 is 1.36 bits per heavy atom. The number of benzene rings is 1. The number of alkyl halides is 1. The van der Waals surface area contributed by atoms with E-state index in [1.54, 1.807) is 12.1 Å². The standard InChI is InChI=1S/C26H33FN7O7P/c1-14(23(36)38-3)33-42(37)41-17-11-7-6-10-16(17)39-12-18-20(35)26(2,27)24(40-18)34-13-29-19-21(30-15-8-4-5-9-15)31-25(28)32-22(19)34/h6-7,10-11,13-15,18,20,24,35H,4-5,8-9,12H2,1-3H3,(H3,28,30,31,32)/t14-,18+,20+,24+,26+/m0/s1. The van der Waals surface area contributed by atoms with E-state index in [1.165, 1.54) is 44.0 Å². The first-order valence-electron chi connectivity index (χ1n) is 13.5. The number of ether oxygens (including phenoxy) is 3. The van der Waals surface area contributed by atoms with Crippen LogP contribution in [0.5, 0.6) is 11.5 Å². The van der Waals surface area contributed by atoms with E-state index in [1.807, 2.05) is 0 Å². The number of para-hydroxylation sites is 2. The maximum absolute atomic E-state index is 16.0. The van der Waals surface area contributed by atoms with Crippen LogP contribution in [-0.4, -0.2) is 74.3 Å². The molecule has 42 heavy (non-hydrogen) atoms. The Hall–Kier alpha value is -3.65. The van der Waals surface area contributed by atoms with Gasteiger partial charge in [0.15, 0.2) is 40.7 Å². The highest BCUT2D eigenvalue weighted by Gasteiger charge is 2.55. The van der Waals surface area contributed by atoms with Crippen LogP contribution in [0.4, 0.5) is 16.2 Å². The lowest BCUT2D eigenvalue weighted by molar-refractivity contribution is -0.169. The van der Waals surface area contributed by atoms with Gasteiger partial charge in [0.2, 0.25) is 11.7 Å². The van der Waals surface area contributed by atoms with E-state index in [9.17, 15) is 14.8 Å².